The summed E-state index contributed by atoms with van der Waals surface area (Å²) in [6, 6.07) is 19.7. The topological polar surface area (TPSA) is 49.9 Å². The Hall–Kier alpha value is -2.96. The molecule has 0 fully saturated rings. The normalized spacial score (nSPS) is 15.1. The molecule has 0 saturated heterocycles. The molecule has 3 aromatic rings. The second-order valence-electron chi connectivity index (χ2n) is 8.59. The number of fused-ring (bicyclic) bond motifs is 1. The fourth-order valence-corrected chi connectivity index (χ4v) is 5.37. The average Bonchev–Trinajstić information content (AvgIpc) is 3.35. The van der Waals surface area contributed by atoms with Crippen molar-refractivity contribution in [2.45, 2.75) is 32.7 Å². The molecule has 0 bridgehead atoms. The number of carbonyl (C=O) groups excluding carboxylic acids is 2. The van der Waals surface area contributed by atoms with Gasteiger partial charge in [-0.15, -0.1) is 11.3 Å². The standard InChI is InChI=1S/C28H32N2O3S/c1-3-33-18-7-16-29(28(32)23-12-10-21(2)11-13-23)20-26(31)30-17-14-25-24(15-19-34-25)27(30)22-8-5-4-6-9-22/h4-6,8-13,15,19,27H,3,7,14,16-18,20H2,1-2H3. The van der Waals surface area contributed by atoms with Crippen LogP contribution in [0.2, 0.25) is 0 Å². The lowest BCUT2D eigenvalue weighted by Crippen LogP contribution is -2.47. The number of aryl methyl sites for hydroxylation is 1. The van der Waals surface area contributed by atoms with E-state index in [0.717, 1.165) is 17.5 Å². The van der Waals surface area contributed by atoms with Crippen LogP contribution in [0.15, 0.2) is 66.0 Å². The van der Waals surface area contributed by atoms with Crippen molar-refractivity contribution < 1.29 is 14.3 Å². The van der Waals surface area contributed by atoms with E-state index in [2.05, 4.69) is 23.6 Å². The van der Waals surface area contributed by atoms with Crippen LogP contribution in [0.3, 0.4) is 0 Å². The summed E-state index contributed by atoms with van der Waals surface area (Å²) in [5.41, 5.74) is 4.00. The zero-order chi connectivity index (χ0) is 23.9. The van der Waals surface area contributed by atoms with Gasteiger partial charge in [-0.05, 0) is 61.4 Å². The van der Waals surface area contributed by atoms with Gasteiger partial charge in [0.2, 0.25) is 5.91 Å². The van der Waals surface area contributed by atoms with Crippen LogP contribution in [0.5, 0.6) is 0 Å². The zero-order valence-electron chi connectivity index (χ0n) is 19.9. The highest BCUT2D eigenvalue weighted by Crippen LogP contribution is 2.37. The van der Waals surface area contributed by atoms with Crippen LogP contribution in [0.4, 0.5) is 0 Å². The Kier molecular flexibility index (Phi) is 8.14. The summed E-state index contributed by atoms with van der Waals surface area (Å²) < 4.78 is 5.48. The third-order valence-electron chi connectivity index (χ3n) is 6.23. The molecule has 2 aromatic carbocycles. The summed E-state index contributed by atoms with van der Waals surface area (Å²) in [7, 11) is 0. The van der Waals surface area contributed by atoms with E-state index in [1.165, 1.54) is 10.4 Å². The summed E-state index contributed by atoms with van der Waals surface area (Å²) >= 11 is 1.75. The monoisotopic (exact) mass is 476 g/mol. The number of nitrogens with zero attached hydrogens (tertiary/aromatic N) is 2. The molecule has 0 saturated carbocycles. The molecule has 0 N–H and O–H groups in total. The minimum Gasteiger partial charge on any atom is -0.382 e. The van der Waals surface area contributed by atoms with Gasteiger partial charge in [0.15, 0.2) is 0 Å². The van der Waals surface area contributed by atoms with E-state index in [0.29, 0.717) is 38.3 Å². The van der Waals surface area contributed by atoms with E-state index in [-0.39, 0.29) is 24.4 Å². The van der Waals surface area contributed by atoms with Gasteiger partial charge in [-0.3, -0.25) is 9.59 Å². The van der Waals surface area contributed by atoms with Gasteiger partial charge >= 0.3 is 0 Å². The van der Waals surface area contributed by atoms with E-state index in [1.54, 1.807) is 16.2 Å². The Morgan fingerprint density at radius 2 is 1.85 bits per heavy atom. The second kappa shape index (κ2) is 11.4. The van der Waals surface area contributed by atoms with Crippen molar-refractivity contribution in [2.24, 2.45) is 0 Å². The van der Waals surface area contributed by atoms with E-state index >= 15 is 0 Å². The third-order valence-corrected chi connectivity index (χ3v) is 7.23. The molecule has 2 amide bonds. The number of thiophene rings is 1. The van der Waals surface area contributed by atoms with Crippen LogP contribution < -0.4 is 0 Å². The lowest BCUT2D eigenvalue weighted by molar-refractivity contribution is -0.134. The molecule has 0 spiro atoms. The molecule has 1 aliphatic heterocycles. The fourth-order valence-electron chi connectivity index (χ4n) is 4.47. The highest BCUT2D eigenvalue weighted by Gasteiger charge is 2.34. The molecule has 1 aliphatic rings. The first kappa shape index (κ1) is 24.2. The zero-order valence-corrected chi connectivity index (χ0v) is 20.7. The van der Waals surface area contributed by atoms with Crippen LogP contribution in [-0.4, -0.2) is 54.5 Å². The van der Waals surface area contributed by atoms with Crippen LogP contribution in [0, 0.1) is 6.92 Å². The van der Waals surface area contributed by atoms with Crippen molar-refractivity contribution in [3.8, 4) is 0 Å². The van der Waals surface area contributed by atoms with E-state index < -0.39 is 0 Å². The first-order valence-corrected chi connectivity index (χ1v) is 12.8. The molecule has 2 heterocycles. The number of rotatable bonds is 9. The van der Waals surface area contributed by atoms with Crippen molar-refractivity contribution in [3.05, 3.63) is 93.2 Å². The van der Waals surface area contributed by atoms with Gasteiger partial charge in [-0.1, -0.05) is 48.0 Å². The lowest BCUT2D eigenvalue weighted by atomic mass is 9.93. The summed E-state index contributed by atoms with van der Waals surface area (Å²) in [5.74, 6) is -0.142. The summed E-state index contributed by atoms with van der Waals surface area (Å²) in [6.45, 7) is 6.34. The number of hydrogen-bond donors (Lipinski definition) is 0. The van der Waals surface area contributed by atoms with Crippen molar-refractivity contribution in [1.29, 1.82) is 0 Å². The number of ether oxygens (including phenoxy) is 1. The molecule has 1 unspecified atom stereocenters. The smallest absolute Gasteiger partial charge is 0.254 e. The molecule has 1 aromatic heterocycles. The van der Waals surface area contributed by atoms with Crippen molar-refractivity contribution in [2.75, 3.05) is 32.8 Å². The highest BCUT2D eigenvalue weighted by molar-refractivity contribution is 7.10. The number of benzene rings is 2. The first-order valence-electron chi connectivity index (χ1n) is 11.9. The van der Waals surface area contributed by atoms with Crippen molar-refractivity contribution >= 4 is 23.2 Å². The minimum atomic E-state index is -0.122. The Labute approximate surface area is 206 Å². The Bertz CT molecular complexity index is 1090. The SMILES string of the molecule is CCOCCCN(CC(=O)N1CCc2sccc2C1c1ccccc1)C(=O)c1ccc(C)cc1. The molecule has 34 heavy (non-hydrogen) atoms. The Balaban J connectivity index is 1.56. The van der Waals surface area contributed by atoms with Gasteiger partial charge in [0, 0.05) is 36.7 Å². The number of carbonyl (C=O) groups is 2. The number of hydrogen-bond acceptors (Lipinski definition) is 4. The van der Waals surface area contributed by atoms with Crippen molar-refractivity contribution in [3.63, 3.8) is 0 Å². The molecule has 5 nitrogen and oxygen atoms in total. The Morgan fingerprint density at radius 3 is 2.59 bits per heavy atom. The maximum Gasteiger partial charge on any atom is 0.254 e. The van der Waals surface area contributed by atoms with E-state index in [9.17, 15) is 9.59 Å². The molecule has 0 radical (unpaired) electrons. The molecule has 0 aliphatic carbocycles. The van der Waals surface area contributed by atoms with Gasteiger partial charge in [0.05, 0.1) is 6.04 Å². The van der Waals surface area contributed by atoms with Crippen LogP contribution in [-0.2, 0) is 16.0 Å². The van der Waals surface area contributed by atoms with Crippen LogP contribution in [0.25, 0.3) is 0 Å². The molecule has 6 heteroatoms. The largest absolute Gasteiger partial charge is 0.382 e. The van der Waals surface area contributed by atoms with Gasteiger partial charge in [0.1, 0.15) is 6.54 Å². The van der Waals surface area contributed by atoms with Gasteiger partial charge in [-0.25, -0.2) is 0 Å². The summed E-state index contributed by atoms with van der Waals surface area (Å²) in [6.07, 6.45) is 1.54. The molecule has 4 rings (SSSR count). The highest BCUT2D eigenvalue weighted by atomic mass is 32.1. The average molecular weight is 477 g/mol. The van der Waals surface area contributed by atoms with Crippen molar-refractivity contribution in [1.82, 2.24) is 9.80 Å². The Morgan fingerprint density at radius 1 is 1.09 bits per heavy atom. The molecular weight excluding hydrogens is 444 g/mol. The third kappa shape index (κ3) is 5.57. The van der Waals surface area contributed by atoms with Gasteiger partial charge < -0.3 is 14.5 Å². The van der Waals surface area contributed by atoms with Crippen LogP contribution in [0.1, 0.15) is 51.3 Å². The molecule has 1 atom stereocenters. The first-order chi connectivity index (χ1) is 16.6. The minimum absolute atomic E-state index is 0.0254. The predicted octanol–water partition coefficient (Wildman–Crippen LogP) is 5.10. The predicted molar refractivity (Wildman–Crippen MR) is 136 cm³/mol. The summed E-state index contributed by atoms with van der Waals surface area (Å²) in [5, 5.41) is 2.11. The maximum absolute atomic E-state index is 13.7. The van der Waals surface area contributed by atoms with Crippen LogP contribution >= 0.6 is 11.3 Å². The van der Waals surface area contributed by atoms with Gasteiger partial charge in [0.25, 0.3) is 5.91 Å². The molecular formula is C28H32N2O3S. The van der Waals surface area contributed by atoms with Gasteiger partial charge in [-0.2, -0.15) is 0 Å². The fraction of sp³-hybridized carbons (Fsp3) is 0.357. The number of amides is 2. The summed E-state index contributed by atoms with van der Waals surface area (Å²) in [4.78, 5) is 32.0. The molecule has 178 valence electrons. The maximum atomic E-state index is 13.7. The lowest BCUT2D eigenvalue weighted by Gasteiger charge is -2.37. The quantitative estimate of drug-likeness (QED) is 0.404. The van der Waals surface area contributed by atoms with E-state index in [1.807, 2.05) is 61.2 Å². The second-order valence-corrected chi connectivity index (χ2v) is 9.59. The van der Waals surface area contributed by atoms with E-state index in [4.69, 9.17) is 4.74 Å².